The van der Waals surface area contributed by atoms with Gasteiger partial charge in [-0.3, -0.25) is 0 Å². The predicted molar refractivity (Wildman–Crippen MR) is 287 cm³/mol. The van der Waals surface area contributed by atoms with Crippen LogP contribution in [0.5, 0.6) is 11.5 Å². The van der Waals surface area contributed by atoms with Crippen molar-refractivity contribution in [1.29, 1.82) is 0 Å². The molecule has 1 aliphatic heterocycles. The predicted octanol–water partition coefficient (Wildman–Crippen LogP) is 17.7. The molecule has 10 heteroatoms. The van der Waals surface area contributed by atoms with Gasteiger partial charge >= 0.3 is 0 Å². The molecule has 1 aliphatic rings. The molecule has 3 heterocycles. The number of ether oxygens (including phenoxy) is 1. The number of halogens is 4. The Labute approximate surface area is 444 Å². The minimum absolute atomic E-state index is 0. The molecule has 0 radical (unpaired) electrons. The Balaban J connectivity index is 0.00000626. The Morgan fingerprint density at radius 1 is 0.527 bits per heavy atom. The summed E-state index contributed by atoms with van der Waals surface area (Å²) in [6.45, 7) is 18.7. The summed E-state index contributed by atoms with van der Waals surface area (Å²) in [6.07, 6.45) is 1.85. The topological polar surface area (TPSA) is 33.5 Å². The van der Waals surface area contributed by atoms with Crippen molar-refractivity contribution in [2.45, 2.75) is 66.2 Å². The third-order valence-electron chi connectivity index (χ3n) is 13.7. The first-order chi connectivity index (χ1) is 34.9. The number of pyridine rings is 1. The van der Waals surface area contributed by atoms with E-state index in [1.807, 2.05) is 110 Å². The van der Waals surface area contributed by atoms with Crippen LogP contribution in [0.3, 0.4) is 0 Å². The first kappa shape index (κ1) is 50.1. The summed E-state index contributed by atoms with van der Waals surface area (Å²) >= 11 is 0. The van der Waals surface area contributed by atoms with Crippen LogP contribution in [0.4, 0.5) is 40.3 Å². The summed E-state index contributed by atoms with van der Waals surface area (Å²) in [7, 11) is 0. The van der Waals surface area contributed by atoms with Gasteiger partial charge in [0.1, 0.15) is 29.1 Å². The number of hydrogen-bond acceptors (Lipinski definition) is 4. The van der Waals surface area contributed by atoms with Crippen molar-refractivity contribution in [3.8, 4) is 50.7 Å². The molecular weight excluding hydrogens is 1110 g/mol. The average Bonchev–Trinajstić information content (AvgIpc) is 3.88. The molecule has 8 aromatic carbocycles. The van der Waals surface area contributed by atoms with E-state index in [1.165, 1.54) is 24.3 Å². The largest absolute Gasteiger partial charge is 0.509 e. The number of hydrogen-bond donors (Lipinski definition) is 0. The fraction of sp³-hybridized carbons (Fsp3) is 0.156. The fourth-order valence-electron chi connectivity index (χ4n) is 10.1. The maximum absolute atomic E-state index is 15.3. The van der Waals surface area contributed by atoms with Gasteiger partial charge in [0, 0.05) is 84.6 Å². The molecule has 74 heavy (non-hydrogen) atoms. The summed E-state index contributed by atoms with van der Waals surface area (Å²) in [5.41, 5.74) is 11.2. The summed E-state index contributed by atoms with van der Waals surface area (Å²) in [5, 5.41) is 2.06. The van der Waals surface area contributed by atoms with Gasteiger partial charge < -0.3 is 19.1 Å². The van der Waals surface area contributed by atoms with E-state index >= 15 is 17.6 Å². The van der Waals surface area contributed by atoms with Crippen LogP contribution in [-0.2, 0) is 31.9 Å². The fourth-order valence-corrected chi connectivity index (χ4v) is 10.1. The van der Waals surface area contributed by atoms with Crippen LogP contribution < -0.4 is 14.5 Å². The summed E-state index contributed by atoms with van der Waals surface area (Å²) in [5.74, 6) is -1.38. The van der Waals surface area contributed by atoms with E-state index in [2.05, 4.69) is 99.8 Å². The second kappa shape index (κ2) is 19.1. The molecular formula is C64H51F4N4OPt-3. The number of anilines is 4. The summed E-state index contributed by atoms with van der Waals surface area (Å²) in [6, 6.07) is 52.2. The van der Waals surface area contributed by atoms with Crippen LogP contribution in [0.1, 0.15) is 63.8 Å². The third kappa shape index (κ3) is 9.28. The molecule has 0 aliphatic carbocycles. The number of fused-ring (bicyclic) bond motifs is 4. The standard InChI is InChI=1S/C64H51F4N4O.Pt/c1-38-14-13-15-39(2)61(38)42-28-49(35-51(29-42)73-50-20-21-53-52-16-9-10-17-56(52)72(59(53)36-50)60-32-43(22-23-69-60)63(3,4)5)70-37-71(58-19-12-11-18-57(58)70)62-54(40-24-45(65)33-46(66)25-40)30-44(64(6,7)8)31-55(62)41-26-47(67)34-48(68)27-41;/h9-34,37H,1-8H3;/q-3;. The molecule has 11 rings (SSSR count). The van der Waals surface area contributed by atoms with Crippen LogP contribution in [0.25, 0.3) is 61.0 Å². The molecule has 374 valence electrons. The van der Waals surface area contributed by atoms with Crippen molar-refractivity contribution in [3.63, 3.8) is 0 Å². The first-order valence-electron chi connectivity index (χ1n) is 24.3. The van der Waals surface area contributed by atoms with Gasteiger partial charge in [-0.25, -0.2) is 22.5 Å². The maximum atomic E-state index is 15.3. The Morgan fingerprint density at radius 3 is 1.72 bits per heavy atom. The first-order valence-corrected chi connectivity index (χ1v) is 24.3. The molecule has 0 amide bonds. The van der Waals surface area contributed by atoms with Crippen molar-refractivity contribution in [3.05, 3.63) is 222 Å². The van der Waals surface area contributed by atoms with Crippen LogP contribution in [0.15, 0.2) is 158 Å². The van der Waals surface area contributed by atoms with Crippen molar-refractivity contribution >= 4 is 44.6 Å². The van der Waals surface area contributed by atoms with Gasteiger partial charge in [-0.15, -0.1) is 53.6 Å². The van der Waals surface area contributed by atoms with E-state index in [9.17, 15) is 0 Å². The van der Waals surface area contributed by atoms with E-state index in [4.69, 9.17) is 9.72 Å². The molecule has 0 fully saturated rings. The maximum Gasteiger partial charge on any atom is 0.135 e. The van der Waals surface area contributed by atoms with Gasteiger partial charge in [0.25, 0.3) is 0 Å². The Hall–Kier alpha value is -7.48. The van der Waals surface area contributed by atoms with Crippen LogP contribution in [0, 0.1) is 55.9 Å². The number of aryl methyl sites for hydroxylation is 2. The van der Waals surface area contributed by atoms with Crippen LogP contribution in [0.2, 0.25) is 0 Å². The van der Waals surface area contributed by atoms with E-state index in [0.717, 1.165) is 78.8 Å². The Kier molecular flexibility index (Phi) is 12.9. The molecule has 0 unspecified atom stereocenters. The number of rotatable bonds is 8. The molecule has 0 bridgehead atoms. The van der Waals surface area contributed by atoms with Gasteiger partial charge in [0.05, 0.1) is 0 Å². The third-order valence-corrected chi connectivity index (χ3v) is 13.7. The second-order valence-electron chi connectivity index (χ2n) is 20.9. The SMILES string of the molecule is Cc1cccc(C)c1-c1cc(Oc2[c-]c3c(cc2)c2ccccc2n3-c2cc(C(C)(C)C)ccn2)[c-]c(N2[CH-]N(c3c(-c4cc(F)cc(F)c4)cc(C(C)(C)C)cc3-c3cc(F)cc(F)c3)c3ccccc32)c1.[Pt]. The number of aromatic nitrogens is 2. The molecule has 0 N–H and O–H groups in total. The van der Waals surface area contributed by atoms with Crippen molar-refractivity contribution in [2.75, 3.05) is 9.80 Å². The normalized spacial score (nSPS) is 12.6. The van der Waals surface area contributed by atoms with Gasteiger partial charge in [0.15, 0.2) is 0 Å². The van der Waals surface area contributed by atoms with E-state index in [-0.39, 0.29) is 37.6 Å². The van der Waals surface area contributed by atoms with Gasteiger partial charge in [-0.2, -0.15) is 6.07 Å². The molecule has 2 aromatic heterocycles. The Morgan fingerprint density at radius 2 is 1.11 bits per heavy atom. The minimum Gasteiger partial charge on any atom is -0.509 e. The molecule has 0 atom stereocenters. The smallest absolute Gasteiger partial charge is 0.135 e. The molecule has 0 saturated carbocycles. The second-order valence-corrected chi connectivity index (χ2v) is 20.9. The van der Waals surface area contributed by atoms with Crippen molar-refractivity contribution < 1.29 is 43.4 Å². The van der Waals surface area contributed by atoms with E-state index < -0.39 is 28.7 Å². The van der Waals surface area contributed by atoms with Gasteiger partial charge in [-0.05, 0) is 136 Å². The molecule has 0 saturated heterocycles. The average molecular weight is 1160 g/mol. The number of nitrogens with zero attached hydrogens (tertiary/aromatic N) is 4. The van der Waals surface area contributed by atoms with Gasteiger partial charge in [-0.1, -0.05) is 95.6 Å². The minimum atomic E-state index is -0.761. The van der Waals surface area contributed by atoms with Crippen LogP contribution >= 0.6 is 0 Å². The van der Waals surface area contributed by atoms with Gasteiger partial charge in [0.2, 0.25) is 0 Å². The summed E-state index contributed by atoms with van der Waals surface area (Å²) in [4.78, 5) is 8.77. The van der Waals surface area contributed by atoms with E-state index in [1.54, 1.807) is 0 Å². The van der Waals surface area contributed by atoms with Crippen LogP contribution in [-0.4, -0.2) is 9.55 Å². The zero-order valence-corrected chi connectivity index (χ0v) is 44.4. The number of para-hydroxylation sites is 3. The summed E-state index contributed by atoms with van der Waals surface area (Å²) < 4.78 is 70.3. The van der Waals surface area contributed by atoms with Crippen molar-refractivity contribution in [2.24, 2.45) is 0 Å². The number of benzene rings is 8. The zero-order valence-electron chi connectivity index (χ0n) is 42.1. The molecule has 0 spiro atoms. The molecule has 10 aromatic rings. The molecule has 5 nitrogen and oxygen atoms in total. The van der Waals surface area contributed by atoms with E-state index in [0.29, 0.717) is 39.7 Å². The quantitative estimate of drug-likeness (QED) is 0.112. The Bertz CT molecular complexity index is 3700. The monoisotopic (exact) mass is 1160 g/mol. The van der Waals surface area contributed by atoms with Crippen molar-refractivity contribution in [1.82, 2.24) is 9.55 Å². The zero-order chi connectivity index (χ0) is 51.1.